The highest BCUT2D eigenvalue weighted by Gasteiger charge is 2.20. The molecule has 0 saturated heterocycles. The van der Waals surface area contributed by atoms with Gasteiger partial charge >= 0.3 is 0 Å². The van der Waals surface area contributed by atoms with Crippen LogP contribution in [0, 0.1) is 9.39 Å². The van der Waals surface area contributed by atoms with Gasteiger partial charge in [0.1, 0.15) is 11.6 Å². The van der Waals surface area contributed by atoms with Crippen LogP contribution in [0.4, 0.5) is 4.39 Å². The van der Waals surface area contributed by atoms with Gasteiger partial charge in [-0.1, -0.05) is 24.6 Å². The van der Waals surface area contributed by atoms with E-state index >= 15 is 0 Å². The quantitative estimate of drug-likeness (QED) is 0.704. The van der Waals surface area contributed by atoms with Crippen molar-refractivity contribution >= 4 is 34.2 Å². The number of halogens is 3. The highest BCUT2D eigenvalue weighted by molar-refractivity contribution is 14.1. The SMILES string of the molecule is CCNC(c1ccc(F)cc1I)c1cc(Cl)ccc1OC. The predicted molar refractivity (Wildman–Crippen MR) is 92.6 cm³/mol. The number of hydrogen-bond acceptors (Lipinski definition) is 2. The Balaban J connectivity index is 2.55. The molecular formula is C16H16ClFINO. The predicted octanol–water partition coefficient (Wildman–Crippen LogP) is 4.79. The fourth-order valence-corrected chi connectivity index (χ4v) is 3.23. The molecule has 2 rings (SSSR count). The normalized spacial score (nSPS) is 12.2. The van der Waals surface area contributed by atoms with Crippen molar-refractivity contribution in [2.45, 2.75) is 13.0 Å². The van der Waals surface area contributed by atoms with Crippen molar-refractivity contribution in [3.63, 3.8) is 0 Å². The molecule has 1 unspecified atom stereocenters. The Morgan fingerprint density at radius 2 is 2.00 bits per heavy atom. The molecule has 0 aliphatic carbocycles. The summed E-state index contributed by atoms with van der Waals surface area (Å²) in [4.78, 5) is 0. The number of ether oxygens (including phenoxy) is 1. The van der Waals surface area contributed by atoms with Crippen LogP contribution in [0.3, 0.4) is 0 Å². The van der Waals surface area contributed by atoms with E-state index in [4.69, 9.17) is 16.3 Å². The molecule has 0 aromatic heterocycles. The highest BCUT2D eigenvalue weighted by atomic mass is 127. The molecule has 1 atom stereocenters. The summed E-state index contributed by atoms with van der Waals surface area (Å²) >= 11 is 8.27. The lowest BCUT2D eigenvalue weighted by Gasteiger charge is -2.22. The highest BCUT2D eigenvalue weighted by Crippen LogP contribution is 2.34. The van der Waals surface area contributed by atoms with Crippen LogP contribution >= 0.6 is 34.2 Å². The zero-order chi connectivity index (χ0) is 15.4. The van der Waals surface area contributed by atoms with Gasteiger partial charge in [-0.2, -0.15) is 0 Å². The molecule has 1 N–H and O–H groups in total. The summed E-state index contributed by atoms with van der Waals surface area (Å²) in [5, 5.41) is 4.06. The Morgan fingerprint density at radius 3 is 2.62 bits per heavy atom. The average Bonchev–Trinajstić information content (AvgIpc) is 2.45. The first-order valence-electron chi connectivity index (χ1n) is 6.58. The minimum Gasteiger partial charge on any atom is -0.496 e. The minimum atomic E-state index is -0.239. The monoisotopic (exact) mass is 419 g/mol. The molecule has 0 radical (unpaired) electrons. The molecule has 0 aliphatic rings. The van der Waals surface area contributed by atoms with Crippen LogP contribution in [0.1, 0.15) is 24.1 Å². The van der Waals surface area contributed by atoms with Crippen molar-refractivity contribution < 1.29 is 9.13 Å². The lowest BCUT2D eigenvalue weighted by atomic mass is 9.97. The molecule has 5 heteroatoms. The van der Waals surface area contributed by atoms with E-state index in [1.54, 1.807) is 19.2 Å². The molecule has 0 aliphatic heterocycles. The molecule has 21 heavy (non-hydrogen) atoms. The molecule has 0 heterocycles. The van der Waals surface area contributed by atoms with Crippen LogP contribution in [0.2, 0.25) is 5.02 Å². The summed E-state index contributed by atoms with van der Waals surface area (Å²) in [6.45, 7) is 2.80. The van der Waals surface area contributed by atoms with Crippen molar-refractivity contribution in [3.05, 3.63) is 61.9 Å². The van der Waals surface area contributed by atoms with Gasteiger partial charge in [-0.05, 0) is 65.0 Å². The van der Waals surface area contributed by atoms with Gasteiger partial charge in [0.25, 0.3) is 0 Å². The Bertz CT molecular complexity index is 636. The summed E-state index contributed by atoms with van der Waals surface area (Å²) in [6, 6.07) is 10.2. The van der Waals surface area contributed by atoms with Gasteiger partial charge in [0.15, 0.2) is 0 Å². The Morgan fingerprint density at radius 1 is 1.24 bits per heavy atom. The third-order valence-electron chi connectivity index (χ3n) is 3.18. The van der Waals surface area contributed by atoms with Crippen LogP contribution in [-0.2, 0) is 0 Å². The Hall–Kier alpha value is -0.850. The topological polar surface area (TPSA) is 21.3 Å². The van der Waals surface area contributed by atoms with Crippen molar-refractivity contribution in [3.8, 4) is 5.75 Å². The minimum absolute atomic E-state index is 0.101. The van der Waals surface area contributed by atoms with E-state index in [0.29, 0.717) is 5.02 Å². The van der Waals surface area contributed by atoms with Crippen LogP contribution in [0.15, 0.2) is 36.4 Å². The maximum Gasteiger partial charge on any atom is 0.124 e. The summed E-state index contributed by atoms with van der Waals surface area (Å²) in [6.07, 6.45) is 0. The molecular weight excluding hydrogens is 404 g/mol. The van der Waals surface area contributed by atoms with Gasteiger partial charge in [-0.25, -0.2) is 4.39 Å². The lowest BCUT2D eigenvalue weighted by Crippen LogP contribution is -2.23. The second-order valence-electron chi connectivity index (χ2n) is 4.54. The van der Waals surface area contributed by atoms with Crippen LogP contribution in [-0.4, -0.2) is 13.7 Å². The molecule has 112 valence electrons. The van der Waals surface area contributed by atoms with Gasteiger partial charge in [-0.3, -0.25) is 0 Å². The Kier molecular flexibility index (Phi) is 5.84. The van der Waals surface area contributed by atoms with E-state index in [2.05, 4.69) is 27.9 Å². The smallest absolute Gasteiger partial charge is 0.124 e. The largest absolute Gasteiger partial charge is 0.496 e. The molecule has 0 saturated carbocycles. The molecule has 0 bridgehead atoms. The van der Waals surface area contributed by atoms with E-state index in [1.165, 1.54) is 12.1 Å². The van der Waals surface area contributed by atoms with E-state index in [9.17, 15) is 4.39 Å². The fraction of sp³-hybridized carbons (Fsp3) is 0.250. The van der Waals surface area contributed by atoms with E-state index in [0.717, 1.165) is 27.0 Å². The lowest BCUT2D eigenvalue weighted by molar-refractivity contribution is 0.404. The van der Waals surface area contributed by atoms with Crippen LogP contribution in [0.25, 0.3) is 0 Å². The maximum atomic E-state index is 13.3. The molecule has 2 nitrogen and oxygen atoms in total. The van der Waals surface area contributed by atoms with Crippen molar-refractivity contribution in [2.75, 3.05) is 13.7 Å². The van der Waals surface area contributed by atoms with Gasteiger partial charge in [0.05, 0.1) is 13.2 Å². The van der Waals surface area contributed by atoms with E-state index < -0.39 is 0 Å². The van der Waals surface area contributed by atoms with Crippen molar-refractivity contribution in [1.29, 1.82) is 0 Å². The number of nitrogens with one attached hydrogen (secondary N) is 1. The molecule has 0 spiro atoms. The number of methoxy groups -OCH3 is 1. The van der Waals surface area contributed by atoms with Gasteiger partial charge in [0, 0.05) is 14.2 Å². The molecule has 2 aromatic carbocycles. The first-order valence-corrected chi connectivity index (χ1v) is 8.04. The maximum absolute atomic E-state index is 13.3. The molecule has 0 fully saturated rings. The van der Waals surface area contributed by atoms with Crippen molar-refractivity contribution in [2.24, 2.45) is 0 Å². The second kappa shape index (κ2) is 7.42. The Labute approximate surface area is 142 Å². The summed E-state index contributed by atoms with van der Waals surface area (Å²) in [5.41, 5.74) is 1.94. The summed E-state index contributed by atoms with van der Waals surface area (Å²) < 4.78 is 19.6. The summed E-state index contributed by atoms with van der Waals surface area (Å²) in [5.74, 6) is 0.516. The van der Waals surface area contributed by atoms with Gasteiger partial charge in [0.2, 0.25) is 0 Å². The first kappa shape index (κ1) is 16.5. The third-order valence-corrected chi connectivity index (χ3v) is 4.35. The van der Waals surface area contributed by atoms with Crippen LogP contribution < -0.4 is 10.1 Å². The van der Waals surface area contributed by atoms with Crippen molar-refractivity contribution in [1.82, 2.24) is 5.32 Å². The molecule has 0 amide bonds. The van der Waals surface area contributed by atoms with Gasteiger partial charge < -0.3 is 10.1 Å². The van der Waals surface area contributed by atoms with E-state index in [-0.39, 0.29) is 11.9 Å². The molecule has 2 aromatic rings. The standard InChI is InChI=1S/C16H16ClFINO/c1-3-20-16(12-6-5-11(18)9-14(12)19)13-8-10(17)4-7-15(13)21-2/h4-9,16,20H,3H2,1-2H3. The average molecular weight is 420 g/mol. The van der Waals surface area contributed by atoms with Crippen LogP contribution in [0.5, 0.6) is 5.75 Å². The first-order chi connectivity index (χ1) is 10.1. The van der Waals surface area contributed by atoms with E-state index in [1.807, 2.05) is 19.1 Å². The second-order valence-corrected chi connectivity index (χ2v) is 6.14. The number of hydrogen-bond donors (Lipinski definition) is 1. The fourth-order valence-electron chi connectivity index (χ4n) is 2.26. The third kappa shape index (κ3) is 3.87. The summed E-state index contributed by atoms with van der Waals surface area (Å²) in [7, 11) is 1.63. The zero-order valence-electron chi connectivity index (χ0n) is 11.8. The number of rotatable bonds is 5. The van der Waals surface area contributed by atoms with Gasteiger partial charge in [-0.15, -0.1) is 0 Å². The number of benzene rings is 2. The zero-order valence-corrected chi connectivity index (χ0v) is 14.7.